The maximum absolute atomic E-state index is 13.1. The molecule has 0 N–H and O–H groups in total. The van der Waals surface area contributed by atoms with Gasteiger partial charge in [-0.25, -0.2) is 0 Å². The van der Waals surface area contributed by atoms with Crippen LogP contribution in [0.1, 0.15) is 51.5 Å². The first-order valence-corrected chi connectivity index (χ1v) is 12.0. The van der Waals surface area contributed by atoms with Gasteiger partial charge in [-0.15, -0.1) is 11.8 Å². The minimum Gasteiger partial charge on any atom is -0.494 e. The van der Waals surface area contributed by atoms with Crippen molar-refractivity contribution in [3.8, 4) is 5.75 Å². The largest absolute Gasteiger partial charge is 0.494 e. The predicted octanol–water partition coefficient (Wildman–Crippen LogP) is 3.71. The lowest BCUT2D eigenvalue weighted by molar-refractivity contribution is -0.144. The van der Waals surface area contributed by atoms with Gasteiger partial charge in [0.05, 0.1) is 11.5 Å². The Balaban J connectivity index is 1.25. The number of aryl methyl sites for hydroxylation is 1. The second kappa shape index (κ2) is 8.58. The van der Waals surface area contributed by atoms with Crippen LogP contribution in [0, 0.1) is 5.92 Å². The van der Waals surface area contributed by atoms with Gasteiger partial charge in [-0.2, -0.15) is 0 Å². The van der Waals surface area contributed by atoms with Gasteiger partial charge in [0, 0.05) is 25.3 Å². The maximum atomic E-state index is 13.1. The van der Waals surface area contributed by atoms with Gasteiger partial charge in [0.1, 0.15) is 11.8 Å². The van der Waals surface area contributed by atoms with Crippen molar-refractivity contribution in [1.82, 2.24) is 9.80 Å². The lowest BCUT2D eigenvalue weighted by atomic mass is 9.90. The summed E-state index contributed by atoms with van der Waals surface area (Å²) in [5, 5.41) is 0. The van der Waals surface area contributed by atoms with Crippen molar-refractivity contribution in [3.05, 3.63) is 29.8 Å². The molecule has 0 aromatic heterocycles. The minimum absolute atomic E-state index is 0.154. The molecule has 6 heteroatoms. The molecule has 0 radical (unpaired) electrons. The number of carbonyl (C=O) groups is 2. The van der Waals surface area contributed by atoms with Crippen LogP contribution in [0.4, 0.5) is 0 Å². The number of hydrogen-bond donors (Lipinski definition) is 0. The topological polar surface area (TPSA) is 49.9 Å². The quantitative estimate of drug-likeness (QED) is 0.709. The third-order valence-electron chi connectivity index (χ3n) is 6.73. The summed E-state index contributed by atoms with van der Waals surface area (Å²) in [6.45, 7) is 6.46. The summed E-state index contributed by atoms with van der Waals surface area (Å²) in [6, 6.07) is 8.16. The van der Waals surface area contributed by atoms with E-state index >= 15 is 0 Å². The molecule has 2 unspecified atom stereocenters. The molecule has 3 saturated heterocycles. The molecule has 3 aliphatic heterocycles. The second-order valence-corrected chi connectivity index (χ2v) is 10.2. The lowest BCUT2D eigenvalue weighted by Gasteiger charge is -2.36. The number of nitrogens with zero attached hydrogens (tertiary/aromatic N) is 2. The summed E-state index contributed by atoms with van der Waals surface area (Å²) in [5.41, 5.74) is 1.35. The second-order valence-electron chi connectivity index (χ2n) is 8.65. The molecule has 1 aromatic carbocycles. The van der Waals surface area contributed by atoms with Gasteiger partial charge in [-0.1, -0.05) is 12.1 Å². The van der Waals surface area contributed by atoms with Gasteiger partial charge in [-0.05, 0) is 69.6 Å². The third kappa shape index (κ3) is 4.27. The molecular weight excluding hydrogens is 384 g/mol. The summed E-state index contributed by atoms with van der Waals surface area (Å²) in [5.74, 6) is 2.67. The molecule has 0 spiro atoms. The number of likely N-dealkylation sites (tertiary alicyclic amines) is 1. The highest BCUT2D eigenvalue weighted by Crippen LogP contribution is 2.47. The highest BCUT2D eigenvalue weighted by Gasteiger charge is 2.53. The van der Waals surface area contributed by atoms with Gasteiger partial charge < -0.3 is 14.5 Å². The number of benzene rings is 1. The summed E-state index contributed by atoms with van der Waals surface area (Å²) in [7, 11) is 0. The van der Waals surface area contributed by atoms with E-state index in [0.717, 1.165) is 56.7 Å². The van der Waals surface area contributed by atoms with E-state index in [0.29, 0.717) is 18.9 Å². The highest BCUT2D eigenvalue weighted by atomic mass is 32.2. The van der Waals surface area contributed by atoms with Crippen molar-refractivity contribution in [2.24, 2.45) is 5.92 Å². The standard InChI is InChI=1S/C23H32N2O3S/c1-3-28-19-8-6-17(7-9-19)4-5-18-11-14-24(15-12-18)22(27)20-16-29-23(2)13-10-21(26)25(20)23/h6-9,18,20H,3-5,10-16H2,1-2H3. The molecule has 0 saturated carbocycles. The molecule has 158 valence electrons. The van der Waals surface area contributed by atoms with E-state index < -0.39 is 0 Å². The van der Waals surface area contributed by atoms with E-state index in [1.165, 1.54) is 5.56 Å². The van der Waals surface area contributed by atoms with Crippen LogP contribution in [0.5, 0.6) is 5.75 Å². The normalized spacial score (nSPS) is 27.4. The Bertz CT molecular complexity index is 745. The van der Waals surface area contributed by atoms with Crippen molar-refractivity contribution >= 4 is 23.6 Å². The summed E-state index contributed by atoms with van der Waals surface area (Å²) in [6.07, 6.45) is 5.82. The number of amides is 2. The van der Waals surface area contributed by atoms with Crippen LogP contribution < -0.4 is 4.74 Å². The number of piperidine rings is 1. The summed E-state index contributed by atoms with van der Waals surface area (Å²) >= 11 is 1.78. The van der Waals surface area contributed by atoms with Crippen molar-refractivity contribution in [2.75, 3.05) is 25.4 Å². The summed E-state index contributed by atoms with van der Waals surface area (Å²) in [4.78, 5) is 29.2. The van der Waals surface area contributed by atoms with E-state index in [1.807, 2.05) is 28.9 Å². The Hall–Kier alpha value is -1.69. The Morgan fingerprint density at radius 2 is 1.97 bits per heavy atom. The number of ether oxygens (including phenoxy) is 1. The van der Waals surface area contributed by atoms with Crippen LogP contribution >= 0.6 is 11.8 Å². The molecule has 2 atom stereocenters. The number of rotatable bonds is 6. The van der Waals surface area contributed by atoms with Crippen LogP contribution in [-0.4, -0.2) is 58.0 Å². The van der Waals surface area contributed by atoms with Crippen molar-refractivity contribution in [2.45, 2.75) is 63.3 Å². The van der Waals surface area contributed by atoms with Crippen LogP contribution in [-0.2, 0) is 16.0 Å². The number of carbonyl (C=O) groups excluding carboxylic acids is 2. The van der Waals surface area contributed by atoms with Crippen molar-refractivity contribution in [3.63, 3.8) is 0 Å². The molecule has 5 nitrogen and oxygen atoms in total. The Morgan fingerprint density at radius 1 is 1.24 bits per heavy atom. The van der Waals surface area contributed by atoms with Gasteiger partial charge >= 0.3 is 0 Å². The Kier molecular flexibility index (Phi) is 6.09. The minimum atomic E-state index is -0.250. The molecule has 0 aliphatic carbocycles. The lowest BCUT2D eigenvalue weighted by Crippen LogP contribution is -2.52. The zero-order valence-electron chi connectivity index (χ0n) is 17.6. The molecule has 0 bridgehead atoms. The number of thioether (sulfide) groups is 1. The fourth-order valence-electron chi connectivity index (χ4n) is 4.95. The highest BCUT2D eigenvalue weighted by molar-refractivity contribution is 8.01. The smallest absolute Gasteiger partial charge is 0.246 e. The van der Waals surface area contributed by atoms with Gasteiger partial charge in [0.15, 0.2) is 0 Å². The molecule has 3 aliphatic rings. The molecule has 2 amide bonds. The Morgan fingerprint density at radius 3 is 2.66 bits per heavy atom. The van der Waals surface area contributed by atoms with Crippen LogP contribution in [0.2, 0.25) is 0 Å². The average Bonchev–Trinajstić information content (AvgIpc) is 3.23. The van der Waals surface area contributed by atoms with Crippen LogP contribution in [0.25, 0.3) is 0 Å². The van der Waals surface area contributed by atoms with E-state index in [-0.39, 0.29) is 22.7 Å². The zero-order valence-corrected chi connectivity index (χ0v) is 18.4. The molecule has 1 aromatic rings. The fraction of sp³-hybridized carbons (Fsp3) is 0.652. The first kappa shape index (κ1) is 20.6. The Labute approximate surface area is 178 Å². The van der Waals surface area contributed by atoms with Gasteiger partial charge in [0.2, 0.25) is 11.8 Å². The molecule has 4 rings (SSSR count). The molecule has 29 heavy (non-hydrogen) atoms. The average molecular weight is 417 g/mol. The molecule has 3 fully saturated rings. The van der Waals surface area contributed by atoms with Gasteiger partial charge in [0.25, 0.3) is 0 Å². The fourth-order valence-corrected chi connectivity index (χ4v) is 6.37. The maximum Gasteiger partial charge on any atom is 0.246 e. The summed E-state index contributed by atoms with van der Waals surface area (Å²) < 4.78 is 5.51. The van der Waals surface area contributed by atoms with E-state index in [1.54, 1.807) is 11.8 Å². The van der Waals surface area contributed by atoms with Gasteiger partial charge in [-0.3, -0.25) is 9.59 Å². The SMILES string of the molecule is CCOc1ccc(CCC2CCN(C(=O)C3CSC4(C)CCC(=O)N34)CC2)cc1. The van der Waals surface area contributed by atoms with E-state index in [9.17, 15) is 9.59 Å². The monoisotopic (exact) mass is 416 g/mol. The van der Waals surface area contributed by atoms with Crippen molar-refractivity contribution in [1.29, 1.82) is 0 Å². The van der Waals surface area contributed by atoms with Crippen LogP contribution in [0.15, 0.2) is 24.3 Å². The first-order valence-electron chi connectivity index (χ1n) is 11.0. The first-order chi connectivity index (χ1) is 14.0. The predicted molar refractivity (Wildman–Crippen MR) is 116 cm³/mol. The van der Waals surface area contributed by atoms with Crippen molar-refractivity contribution < 1.29 is 14.3 Å². The van der Waals surface area contributed by atoms with E-state index in [4.69, 9.17) is 4.74 Å². The third-order valence-corrected chi connectivity index (χ3v) is 8.24. The molecule has 3 heterocycles. The zero-order chi connectivity index (χ0) is 20.4. The molecular formula is C23H32N2O3S. The number of fused-ring (bicyclic) bond motifs is 1. The number of hydrogen-bond acceptors (Lipinski definition) is 4. The van der Waals surface area contributed by atoms with Crippen LogP contribution in [0.3, 0.4) is 0 Å². The van der Waals surface area contributed by atoms with E-state index in [2.05, 4.69) is 19.1 Å².